The topological polar surface area (TPSA) is 40.6 Å². The predicted molar refractivity (Wildman–Crippen MR) is 100 cm³/mol. The fourth-order valence-electron chi connectivity index (χ4n) is 7.26. The Bertz CT molecular complexity index is 553. The number of piperazine rings is 1. The molecule has 0 radical (unpaired) electrons. The highest BCUT2D eigenvalue weighted by molar-refractivity contribution is 5.82. The first-order valence-corrected chi connectivity index (χ1v) is 11.1. The summed E-state index contributed by atoms with van der Waals surface area (Å²) in [5, 5.41) is 0. The van der Waals surface area contributed by atoms with Crippen LogP contribution in [0, 0.1) is 35.5 Å². The van der Waals surface area contributed by atoms with Crippen LogP contribution in [0.25, 0.3) is 0 Å². The largest absolute Gasteiger partial charge is 0.336 e. The lowest BCUT2D eigenvalue weighted by atomic mass is 9.86. The number of carbonyl (C=O) groups excluding carboxylic acids is 2. The Morgan fingerprint density at radius 2 is 1.08 bits per heavy atom. The molecule has 5 rings (SSSR count). The number of hydrogen-bond acceptors (Lipinski definition) is 2. The second-order valence-electron chi connectivity index (χ2n) is 10.2. The van der Waals surface area contributed by atoms with Crippen LogP contribution in [0.15, 0.2) is 0 Å². The monoisotopic (exact) mass is 358 g/mol. The van der Waals surface area contributed by atoms with Crippen molar-refractivity contribution in [3.8, 4) is 0 Å². The predicted octanol–water partition coefficient (Wildman–Crippen LogP) is 3.31. The molecule has 0 spiro atoms. The Morgan fingerprint density at radius 1 is 0.654 bits per heavy atom. The average Bonchev–Trinajstić information content (AvgIpc) is 3.42. The normalized spacial score (nSPS) is 47.0. The average molecular weight is 359 g/mol. The maximum atomic E-state index is 13.2. The quantitative estimate of drug-likeness (QED) is 0.760. The Morgan fingerprint density at radius 3 is 1.38 bits per heavy atom. The zero-order valence-electron chi connectivity index (χ0n) is 16.4. The van der Waals surface area contributed by atoms with Crippen LogP contribution in [0.1, 0.15) is 65.2 Å². The molecule has 0 aromatic rings. The number of rotatable bonds is 2. The smallest absolute Gasteiger partial charge is 0.226 e. The third-order valence-corrected chi connectivity index (χ3v) is 8.66. The third kappa shape index (κ3) is 2.62. The van der Waals surface area contributed by atoms with Crippen LogP contribution in [0.2, 0.25) is 0 Å². The zero-order chi connectivity index (χ0) is 18.0. The van der Waals surface area contributed by atoms with Crippen molar-refractivity contribution in [2.75, 3.05) is 13.1 Å². The van der Waals surface area contributed by atoms with Gasteiger partial charge >= 0.3 is 0 Å². The fourth-order valence-corrected chi connectivity index (χ4v) is 7.26. The number of hydrogen-bond donors (Lipinski definition) is 0. The van der Waals surface area contributed by atoms with Gasteiger partial charge in [0.15, 0.2) is 0 Å². The standard InChI is InChI=1S/C22H34N2O2/c1-13-11-24(22(26)20-10-16-4-6-18(20)8-16)14(2)12-23(13)21(25)19-9-15-3-5-17(19)7-15/h13-20H,3-12H2,1-2H3/t13-,14+,15-,16-,17-,18-,19+,20-/m0/s1. The van der Waals surface area contributed by atoms with Gasteiger partial charge in [0, 0.05) is 37.0 Å². The van der Waals surface area contributed by atoms with Gasteiger partial charge in [0.25, 0.3) is 0 Å². The summed E-state index contributed by atoms with van der Waals surface area (Å²) in [5.41, 5.74) is 0. The molecule has 0 aromatic heterocycles. The van der Waals surface area contributed by atoms with Crippen molar-refractivity contribution in [3.05, 3.63) is 0 Å². The molecule has 0 aromatic carbocycles. The van der Waals surface area contributed by atoms with Gasteiger partial charge in [0.2, 0.25) is 11.8 Å². The van der Waals surface area contributed by atoms with E-state index in [9.17, 15) is 9.59 Å². The first-order chi connectivity index (χ1) is 12.5. The summed E-state index contributed by atoms with van der Waals surface area (Å²) in [7, 11) is 0. The highest BCUT2D eigenvalue weighted by atomic mass is 16.2. The molecule has 2 amide bonds. The van der Waals surface area contributed by atoms with Crippen LogP contribution >= 0.6 is 0 Å². The lowest BCUT2D eigenvalue weighted by Crippen LogP contribution is -2.61. The van der Waals surface area contributed by atoms with E-state index < -0.39 is 0 Å². The summed E-state index contributed by atoms with van der Waals surface area (Å²) in [6, 6.07) is 0.334. The summed E-state index contributed by atoms with van der Waals surface area (Å²) >= 11 is 0. The molecule has 8 atom stereocenters. The molecule has 144 valence electrons. The van der Waals surface area contributed by atoms with Crippen molar-refractivity contribution in [2.45, 2.75) is 77.3 Å². The lowest BCUT2D eigenvalue weighted by molar-refractivity contribution is -0.152. The Hall–Kier alpha value is -1.06. The molecular weight excluding hydrogens is 324 g/mol. The molecule has 1 saturated heterocycles. The number of amides is 2. The Kier molecular flexibility index (Phi) is 4.09. The van der Waals surface area contributed by atoms with Crippen LogP contribution in [0.3, 0.4) is 0 Å². The van der Waals surface area contributed by atoms with Gasteiger partial charge in [-0.05, 0) is 76.0 Å². The highest BCUT2D eigenvalue weighted by Gasteiger charge is 2.48. The molecule has 4 bridgehead atoms. The van der Waals surface area contributed by atoms with E-state index in [4.69, 9.17) is 0 Å². The molecule has 5 aliphatic rings. The van der Waals surface area contributed by atoms with Gasteiger partial charge in [-0.15, -0.1) is 0 Å². The van der Waals surface area contributed by atoms with Crippen LogP contribution in [-0.4, -0.2) is 46.8 Å². The molecule has 5 fully saturated rings. The van der Waals surface area contributed by atoms with Crippen molar-refractivity contribution in [1.82, 2.24) is 9.80 Å². The van der Waals surface area contributed by atoms with Gasteiger partial charge in [-0.3, -0.25) is 9.59 Å². The SMILES string of the molecule is C[C@@H]1CN(C(=O)[C@@H]2C[C@H]3CC[C@H]2C3)[C@@H](C)CN1C(=O)[C@H]1C[C@H]2CC[C@H]1C2. The maximum Gasteiger partial charge on any atom is 0.226 e. The van der Waals surface area contributed by atoms with E-state index in [1.807, 2.05) is 0 Å². The molecule has 4 heteroatoms. The van der Waals surface area contributed by atoms with Crippen LogP contribution in [0.4, 0.5) is 0 Å². The first-order valence-electron chi connectivity index (χ1n) is 11.1. The molecule has 4 aliphatic carbocycles. The number of nitrogens with zero attached hydrogens (tertiary/aromatic N) is 2. The summed E-state index contributed by atoms with van der Waals surface area (Å²) in [6.45, 7) is 5.77. The molecule has 0 unspecified atom stereocenters. The molecule has 26 heavy (non-hydrogen) atoms. The van der Waals surface area contributed by atoms with Gasteiger partial charge in [0.05, 0.1) is 0 Å². The molecule has 4 nitrogen and oxygen atoms in total. The molecular formula is C22H34N2O2. The second kappa shape index (κ2) is 6.24. The maximum absolute atomic E-state index is 13.2. The minimum atomic E-state index is 0.167. The first kappa shape index (κ1) is 17.1. The van der Waals surface area contributed by atoms with Crippen LogP contribution in [-0.2, 0) is 9.59 Å². The summed E-state index contributed by atoms with van der Waals surface area (Å²) < 4.78 is 0. The number of fused-ring (bicyclic) bond motifs is 4. The van der Waals surface area contributed by atoms with E-state index in [0.717, 1.165) is 37.8 Å². The van der Waals surface area contributed by atoms with Gasteiger partial charge in [-0.25, -0.2) is 0 Å². The van der Waals surface area contributed by atoms with E-state index in [1.165, 1.54) is 38.5 Å². The van der Waals surface area contributed by atoms with Crippen molar-refractivity contribution in [1.29, 1.82) is 0 Å². The van der Waals surface area contributed by atoms with E-state index in [-0.39, 0.29) is 23.9 Å². The van der Waals surface area contributed by atoms with Gasteiger partial charge in [-0.2, -0.15) is 0 Å². The second-order valence-corrected chi connectivity index (χ2v) is 10.2. The lowest BCUT2D eigenvalue weighted by Gasteiger charge is -2.46. The minimum Gasteiger partial charge on any atom is -0.336 e. The van der Waals surface area contributed by atoms with Crippen molar-refractivity contribution >= 4 is 11.8 Å². The molecule has 4 saturated carbocycles. The Labute approximate surface area is 157 Å². The van der Waals surface area contributed by atoms with E-state index in [2.05, 4.69) is 23.6 Å². The van der Waals surface area contributed by atoms with Crippen molar-refractivity contribution in [2.24, 2.45) is 35.5 Å². The van der Waals surface area contributed by atoms with Gasteiger partial charge < -0.3 is 9.80 Å². The summed E-state index contributed by atoms with van der Waals surface area (Å²) in [4.78, 5) is 30.7. The van der Waals surface area contributed by atoms with E-state index in [0.29, 0.717) is 23.7 Å². The zero-order valence-corrected chi connectivity index (χ0v) is 16.4. The summed E-state index contributed by atoms with van der Waals surface area (Å²) in [5.74, 6) is 4.23. The molecule has 0 N–H and O–H groups in total. The van der Waals surface area contributed by atoms with Gasteiger partial charge in [0.1, 0.15) is 0 Å². The van der Waals surface area contributed by atoms with Crippen LogP contribution in [0.5, 0.6) is 0 Å². The molecule has 1 heterocycles. The van der Waals surface area contributed by atoms with E-state index >= 15 is 0 Å². The minimum absolute atomic E-state index is 0.167. The van der Waals surface area contributed by atoms with E-state index in [1.54, 1.807) is 0 Å². The van der Waals surface area contributed by atoms with Crippen molar-refractivity contribution < 1.29 is 9.59 Å². The summed E-state index contributed by atoms with van der Waals surface area (Å²) in [6.07, 6.45) is 10.00. The van der Waals surface area contributed by atoms with Crippen LogP contribution < -0.4 is 0 Å². The van der Waals surface area contributed by atoms with Gasteiger partial charge in [-0.1, -0.05) is 12.8 Å². The van der Waals surface area contributed by atoms with Crippen molar-refractivity contribution in [3.63, 3.8) is 0 Å². The fraction of sp³-hybridized carbons (Fsp3) is 0.909. The highest BCUT2D eigenvalue weighted by Crippen LogP contribution is 2.50. The number of carbonyl (C=O) groups is 2. The molecule has 1 aliphatic heterocycles. The third-order valence-electron chi connectivity index (χ3n) is 8.66. The Balaban J connectivity index is 1.25.